The molecule has 1 aromatic rings. The number of ether oxygens (including phenoxy) is 1. The Morgan fingerprint density at radius 2 is 2.35 bits per heavy atom. The lowest BCUT2D eigenvalue weighted by Gasteiger charge is -2.29. The van der Waals surface area contributed by atoms with Crippen molar-refractivity contribution in [3.63, 3.8) is 0 Å². The summed E-state index contributed by atoms with van der Waals surface area (Å²) in [7, 11) is 3.67. The van der Waals surface area contributed by atoms with Crippen molar-refractivity contribution in [2.45, 2.75) is 25.8 Å². The molecule has 1 aromatic heterocycles. The molecule has 0 spiro atoms. The zero-order chi connectivity index (χ0) is 12.4. The maximum Gasteiger partial charge on any atom is 0.225 e. The smallest absolute Gasteiger partial charge is 0.225 e. The van der Waals surface area contributed by atoms with Crippen LogP contribution in [0.15, 0.2) is 0 Å². The summed E-state index contributed by atoms with van der Waals surface area (Å²) in [4.78, 5) is 2.29. The first-order valence-electron chi connectivity index (χ1n) is 6.02. The molecule has 1 atom stereocenters. The van der Waals surface area contributed by atoms with Crippen molar-refractivity contribution < 1.29 is 4.74 Å². The van der Waals surface area contributed by atoms with E-state index < -0.39 is 0 Å². The SMILES string of the molecule is COCCN(c1n[nH]c(=S)n1C)C(C)C1CC1. The number of nitrogens with zero attached hydrogens (tertiary/aromatic N) is 3. The Morgan fingerprint density at radius 1 is 1.65 bits per heavy atom. The Bertz CT molecular complexity index is 423. The van der Waals surface area contributed by atoms with Crippen LogP contribution >= 0.6 is 12.2 Å². The van der Waals surface area contributed by atoms with E-state index in [4.69, 9.17) is 17.0 Å². The maximum absolute atomic E-state index is 5.18. The average molecular weight is 256 g/mol. The van der Waals surface area contributed by atoms with Crippen LogP contribution in [0.3, 0.4) is 0 Å². The van der Waals surface area contributed by atoms with E-state index in [2.05, 4.69) is 22.0 Å². The minimum absolute atomic E-state index is 0.494. The van der Waals surface area contributed by atoms with Gasteiger partial charge in [0.1, 0.15) is 0 Å². The summed E-state index contributed by atoms with van der Waals surface area (Å²) in [5, 5.41) is 7.16. The molecule has 2 rings (SSSR count). The van der Waals surface area contributed by atoms with E-state index in [1.165, 1.54) is 12.8 Å². The van der Waals surface area contributed by atoms with Crippen molar-refractivity contribution >= 4 is 18.2 Å². The van der Waals surface area contributed by atoms with Crippen LogP contribution in [-0.4, -0.2) is 41.1 Å². The van der Waals surface area contributed by atoms with Crippen LogP contribution in [0.4, 0.5) is 5.95 Å². The highest BCUT2D eigenvalue weighted by Crippen LogP contribution is 2.36. The number of anilines is 1. The molecule has 1 aliphatic carbocycles. The number of aromatic nitrogens is 3. The fourth-order valence-corrected chi connectivity index (χ4v) is 2.23. The second kappa shape index (κ2) is 5.18. The third-order valence-corrected chi connectivity index (χ3v) is 3.81. The van der Waals surface area contributed by atoms with E-state index in [9.17, 15) is 0 Å². The van der Waals surface area contributed by atoms with Gasteiger partial charge < -0.3 is 9.64 Å². The van der Waals surface area contributed by atoms with E-state index in [1.54, 1.807) is 7.11 Å². The van der Waals surface area contributed by atoms with Gasteiger partial charge in [0.25, 0.3) is 0 Å². The lowest BCUT2D eigenvalue weighted by molar-refractivity contribution is 0.202. The summed E-state index contributed by atoms with van der Waals surface area (Å²) in [6.07, 6.45) is 2.64. The largest absolute Gasteiger partial charge is 0.383 e. The highest BCUT2D eigenvalue weighted by molar-refractivity contribution is 7.71. The van der Waals surface area contributed by atoms with Crippen LogP contribution in [0.1, 0.15) is 19.8 Å². The Kier molecular flexibility index (Phi) is 3.83. The molecular formula is C11H20N4OS. The Balaban J connectivity index is 2.19. The zero-order valence-corrected chi connectivity index (χ0v) is 11.5. The average Bonchev–Trinajstić information content (AvgIpc) is 3.11. The minimum Gasteiger partial charge on any atom is -0.383 e. The molecule has 1 N–H and O–H groups in total. The normalized spacial score (nSPS) is 17.1. The van der Waals surface area contributed by atoms with Crippen molar-refractivity contribution in [3.8, 4) is 0 Å². The second-order valence-corrected chi connectivity index (χ2v) is 5.04. The molecule has 0 aliphatic heterocycles. The number of aromatic amines is 1. The van der Waals surface area contributed by atoms with Crippen LogP contribution in [0.5, 0.6) is 0 Å². The van der Waals surface area contributed by atoms with Gasteiger partial charge in [-0.1, -0.05) is 0 Å². The number of methoxy groups -OCH3 is 1. The minimum atomic E-state index is 0.494. The first-order valence-corrected chi connectivity index (χ1v) is 6.43. The zero-order valence-electron chi connectivity index (χ0n) is 10.6. The van der Waals surface area contributed by atoms with E-state index in [1.807, 2.05) is 11.6 Å². The monoisotopic (exact) mass is 256 g/mol. The number of rotatable bonds is 6. The first kappa shape index (κ1) is 12.6. The van der Waals surface area contributed by atoms with Crippen molar-refractivity contribution in [1.29, 1.82) is 0 Å². The van der Waals surface area contributed by atoms with Crippen LogP contribution in [-0.2, 0) is 11.8 Å². The van der Waals surface area contributed by atoms with E-state index in [0.29, 0.717) is 17.4 Å². The molecule has 17 heavy (non-hydrogen) atoms. The van der Waals surface area contributed by atoms with Crippen molar-refractivity contribution in [3.05, 3.63) is 4.77 Å². The molecule has 6 heteroatoms. The summed E-state index contributed by atoms with van der Waals surface area (Å²) in [6, 6.07) is 0.494. The molecule has 1 unspecified atom stereocenters. The van der Waals surface area contributed by atoms with Gasteiger partial charge in [-0.15, -0.1) is 5.10 Å². The fraction of sp³-hybridized carbons (Fsp3) is 0.818. The van der Waals surface area contributed by atoms with Crippen LogP contribution in [0.25, 0.3) is 0 Å². The Morgan fingerprint density at radius 3 is 2.82 bits per heavy atom. The fourth-order valence-electron chi connectivity index (χ4n) is 2.10. The molecule has 0 saturated heterocycles. The van der Waals surface area contributed by atoms with Crippen LogP contribution in [0.2, 0.25) is 0 Å². The number of nitrogens with one attached hydrogen (secondary N) is 1. The van der Waals surface area contributed by atoms with E-state index in [-0.39, 0.29) is 0 Å². The molecule has 0 amide bonds. The molecule has 5 nitrogen and oxygen atoms in total. The van der Waals surface area contributed by atoms with E-state index >= 15 is 0 Å². The van der Waals surface area contributed by atoms with Gasteiger partial charge in [0.05, 0.1) is 6.61 Å². The molecule has 0 aromatic carbocycles. The summed E-state index contributed by atoms with van der Waals surface area (Å²) >= 11 is 5.16. The molecule has 0 bridgehead atoms. The Labute approximate surface area is 107 Å². The van der Waals surface area contributed by atoms with Gasteiger partial charge in [-0.2, -0.15) is 0 Å². The third kappa shape index (κ3) is 2.69. The Hall–Kier alpha value is -0.880. The van der Waals surface area contributed by atoms with Gasteiger partial charge in [0.2, 0.25) is 5.95 Å². The summed E-state index contributed by atoms with van der Waals surface area (Å²) < 4.78 is 7.75. The highest BCUT2D eigenvalue weighted by atomic mass is 32.1. The molecule has 1 heterocycles. The van der Waals surface area contributed by atoms with Gasteiger partial charge in [-0.05, 0) is 37.9 Å². The van der Waals surface area contributed by atoms with Gasteiger partial charge >= 0.3 is 0 Å². The van der Waals surface area contributed by atoms with Crippen molar-refractivity contribution in [2.24, 2.45) is 13.0 Å². The first-order chi connectivity index (χ1) is 8.15. The number of H-pyrrole nitrogens is 1. The van der Waals surface area contributed by atoms with Crippen molar-refractivity contribution in [2.75, 3.05) is 25.2 Å². The summed E-state index contributed by atoms with van der Waals surface area (Å²) in [5.74, 6) is 1.70. The van der Waals surface area contributed by atoms with Gasteiger partial charge in [0.15, 0.2) is 4.77 Å². The second-order valence-electron chi connectivity index (χ2n) is 4.65. The van der Waals surface area contributed by atoms with Crippen LogP contribution < -0.4 is 4.90 Å². The molecule has 1 aliphatic rings. The lowest BCUT2D eigenvalue weighted by Crippen LogP contribution is -2.39. The molecule has 1 saturated carbocycles. The third-order valence-electron chi connectivity index (χ3n) is 3.45. The lowest BCUT2D eigenvalue weighted by atomic mass is 10.2. The van der Waals surface area contributed by atoms with Gasteiger partial charge in [-0.25, -0.2) is 5.10 Å². The van der Waals surface area contributed by atoms with Gasteiger partial charge in [0, 0.05) is 26.7 Å². The van der Waals surface area contributed by atoms with Crippen molar-refractivity contribution in [1.82, 2.24) is 14.8 Å². The number of hydrogen-bond acceptors (Lipinski definition) is 4. The standard InChI is InChI=1S/C11H20N4OS/c1-8(9-4-5-9)15(6-7-16-3)10-12-13-11(17)14(10)2/h8-9H,4-7H2,1-3H3,(H,13,17). The molecule has 0 radical (unpaired) electrons. The molecule has 96 valence electrons. The highest BCUT2D eigenvalue weighted by Gasteiger charge is 2.33. The topological polar surface area (TPSA) is 46.1 Å². The maximum atomic E-state index is 5.18. The predicted molar refractivity (Wildman–Crippen MR) is 69.8 cm³/mol. The molecular weight excluding hydrogens is 236 g/mol. The van der Waals surface area contributed by atoms with Crippen LogP contribution in [0, 0.1) is 10.7 Å². The quantitative estimate of drug-likeness (QED) is 0.787. The van der Waals surface area contributed by atoms with Gasteiger partial charge in [-0.3, -0.25) is 4.57 Å². The summed E-state index contributed by atoms with van der Waals surface area (Å²) in [5.41, 5.74) is 0. The van der Waals surface area contributed by atoms with E-state index in [0.717, 1.165) is 18.4 Å². The molecule has 1 fully saturated rings. The predicted octanol–water partition coefficient (Wildman–Crippen LogP) is 1.73. The summed E-state index contributed by atoms with van der Waals surface area (Å²) in [6.45, 7) is 3.81. The number of hydrogen-bond donors (Lipinski definition) is 1.